The van der Waals surface area contributed by atoms with Crippen LogP contribution in [0.2, 0.25) is 0 Å². The Labute approximate surface area is 117 Å². The van der Waals surface area contributed by atoms with Gasteiger partial charge in [0, 0.05) is 0 Å². The molecular formula is C17H30O2. The lowest BCUT2D eigenvalue weighted by molar-refractivity contribution is -0.0796. The van der Waals surface area contributed by atoms with Crippen LogP contribution in [0.1, 0.15) is 77.6 Å². The molecular weight excluding hydrogens is 236 g/mol. The van der Waals surface area contributed by atoms with E-state index < -0.39 is 0 Å². The molecule has 1 heterocycles. The smallest absolute Gasteiger partial charge is 0.0687 e. The van der Waals surface area contributed by atoms with Gasteiger partial charge in [0.25, 0.3) is 0 Å². The topological polar surface area (TPSA) is 29.5 Å². The first kappa shape index (κ1) is 13.9. The summed E-state index contributed by atoms with van der Waals surface area (Å²) in [6, 6.07) is 0. The van der Waals surface area contributed by atoms with Crippen LogP contribution in [0.5, 0.6) is 0 Å². The molecule has 0 amide bonds. The van der Waals surface area contributed by atoms with E-state index >= 15 is 0 Å². The molecule has 1 saturated heterocycles. The van der Waals surface area contributed by atoms with Crippen molar-refractivity contribution < 1.29 is 9.84 Å². The Bertz CT molecular complexity index is 296. The molecule has 0 aromatic heterocycles. The molecule has 2 aliphatic carbocycles. The molecule has 2 nitrogen and oxygen atoms in total. The van der Waals surface area contributed by atoms with Crippen molar-refractivity contribution >= 4 is 0 Å². The fourth-order valence-corrected chi connectivity index (χ4v) is 4.70. The Balaban J connectivity index is 1.53. The third-order valence-electron chi connectivity index (χ3n) is 5.87. The quantitative estimate of drug-likeness (QED) is 0.817. The van der Waals surface area contributed by atoms with Crippen LogP contribution in [0.25, 0.3) is 0 Å². The van der Waals surface area contributed by atoms with Gasteiger partial charge in [-0.15, -0.1) is 0 Å². The number of hydrogen-bond acceptors (Lipinski definition) is 2. The molecule has 1 spiro atoms. The first-order valence-corrected chi connectivity index (χ1v) is 8.53. The normalized spacial score (nSPS) is 42.6. The second-order valence-electron chi connectivity index (χ2n) is 7.50. The summed E-state index contributed by atoms with van der Waals surface area (Å²) < 4.78 is 6.47. The fraction of sp³-hybridized carbons (Fsp3) is 1.00. The summed E-state index contributed by atoms with van der Waals surface area (Å²) in [7, 11) is 0. The minimum atomic E-state index is -0.0669. The van der Waals surface area contributed by atoms with Gasteiger partial charge < -0.3 is 9.84 Å². The monoisotopic (exact) mass is 266 g/mol. The average molecular weight is 266 g/mol. The third-order valence-corrected chi connectivity index (χ3v) is 5.87. The second kappa shape index (κ2) is 5.73. The summed E-state index contributed by atoms with van der Waals surface area (Å²) in [4.78, 5) is 0. The van der Waals surface area contributed by atoms with Gasteiger partial charge in [0.05, 0.1) is 17.8 Å². The summed E-state index contributed by atoms with van der Waals surface area (Å²) in [6.45, 7) is 2.33. The van der Waals surface area contributed by atoms with E-state index in [1.165, 1.54) is 57.8 Å². The molecule has 110 valence electrons. The summed E-state index contributed by atoms with van der Waals surface area (Å²) in [6.07, 6.45) is 14.1. The molecule has 0 aromatic carbocycles. The highest BCUT2D eigenvalue weighted by Crippen LogP contribution is 2.44. The molecule has 3 fully saturated rings. The van der Waals surface area contributed by atoms with Gasteiger partial charge >= 0.3 is 0 Å². The predicted octanol–water partition coefficient (Wildman–Crippen LogP) is 4.06. The van der Waals surface area contributed by atoms with E-state index in [2.05, 4.69) is 6.92 Å². The van der Waals surface area contributed by atoms with Gasteiger partial charge in [-0.05, 0) is 63.2 Å². The Morgan fingerprint density at radius 1 is 1.05 bits per heavy atom. The lowest BCUT2D eigenvalue weighted by Gasteiger charge is -2.36. The molecule has 0 aromatic rings. The molecule has 2 heteroatoms. The first-order valence-electron chi connectivity index (χ1n) is 8.53. The van der Waals surface area contributed by atoms with Crippen LogP contribution in [-0.4, -0.2) is 22.9 Å². The molecule has 4 atom stereocenters. The summed E-state index contributed by atoms with van der Waals surface area (Å²) in [5.41, 5.74) is 0.244. The van der Waals surface area contributed by atoms with Crippen molar-refractivity contribution in [2.75, 3.05) is 0 Å². The molecule has 1 aliphatic heterocycles. The van der Waals surface area contributed by atoms with Gasteiger partial charge in [-0.1, -0.05) is 26.2 Å². The van der Waals surface area contributed by atoms with Crippen LogP contribution < -0.4 is 0 Å². The Kier molecular flexibility index (Phi) is 4.19. The van der Waals surface area contributed by atoms with Crippen LogP contribution in [0.3, 0.4) is 0 Å². The van der Waals surface area contributed by atoms with Crippen LogP contribution >= 0.6 is 0 Å². The molecule has 2 saturated carbocycles. The van der Waals surface area contributed by atoms with Crippen LogP contribution in [-0.2, 0) is 4.74 Å². The Morgan fingerprint density at radius 3 is 2.63 bits per heavy atom. The van der Waals surface area contributed by atoms with E-state index in [1.807, 2.05) is 0 Å². The predicted molar refractivity (Wildman–Crippen MR) is 77.1 cm³/mol. The summed E-state index contributed by atoms with van der Waals surface area (Å²) in [5.74, 6) is 1.28. The zero-order valence-corrected chi connectivity index (χ0v) is 12.4. The summed E-state index contributed by atoms with van der Waals surface area (Å²) in [5, 5.41) is 10.2. The molecule has 0 radical (unpaired) electrons. The first-order chi connectivity index (χ1) is 9.17. The highest BCUT2D eigenvalue weighted by atomic mass is 16.5. The highest BCUT2D eigenvalue weighted by molar-refractivity contribution is 4.92. The van der Waals surface area contributed by atoms with Crippen molar-refractivity contribution in [3.8, 4) is 0 Å². The van der Waals surface area contributed by atoms with Crippen LogP contribution in [0, 0.1) is 11.8 Å². The standard InChI is InChI=1S/C17H30O2/c1-13-5-6-16(18)14(11-13)12-15-7-10-17(19-15)8-3-2-4-9-17/h13-16,18H,2-12H2,1H3. The number of ether oxygens (including phenoxy) is 1. The van der Waals surface area contributed by atoms with Gasteiger partial charge in [-0.25, -0.2) is 0 Å². The zero-order chi connectivity index (χ0) is 13.3. The molecule has 3 aliphatic rings. The maximum atomic E-state index is 10.2. The van der Waals surface area contributed by atoms with Crippen LogP contribution in [0.15, 0.2) is 0 Å². The van der Waals surface area contributed by atoms with E-state index in [-0.39, 0.29) is 11.7 Å². The van der Waals surface area contributed by atoms with Crippen molar-refractivity contribution in [2.24, 2.45) is 11.8 Å². The highest BCUT2D eigenvalue weighted by Gasteiger charge is 2.42. The maximum absolute atomic E-state index is 10.2. The van der Waals surface area contributed by atoms with E-state index in [1.54, 1.807) is 0 Å². The van der Waals surface area contributed by atoms with Crippen molar-refractivity contribution in [3.05, 3.63) is 0 Å². The van der Waals surface area contributed by atoms with Gasteiger partial charge in [0.1, 0.15) is 0 Å². The second-order valence-corrected chi connectivity index (χ2v) is 7.50. The number of rotatable bonds is 2. The Morgan fingerprint density at radius 2 is 1.84 bits per heavy atom. The van der Waals surface area contributed by atoms with Gasteiger partial charge in [-0.3, -0.25) is 0 Å². The molecule has 4 unspecified atom stereocenters. The number of hydrogen-bond donors (Lipinski definition) is 1. The van der Waals surface area contributed by atoms with E-state index in [9.17, 15) is 5.11 Å². The maximum Gasteiger partial charge on any atom is 0.0687 e. The number of aliphatic hydroxyl groups is 1. The van der Waals surface area contributed by atoms with Crippen molar-refractivity contribution in [2.45, 2.75) is 95.4 Å². The van der Waals surface area contributed by atoms with Gasteiger partial charge in [0.2, 0.25) is 0 Å². The van der Waals surface area contributed by atoms with Crippen molar-refractivity contribution in [3.63, 3.8) is 0 Å². The van der Waals surface area contributed by atoms with Gasteiger partial charge in [0.15, 0.2) is 0 Å². The zero-order valence-electron chi connectivity index (χ0n) is 12.4. The average Bonchev–Trinajstić information content (AvgIpc) is 2.78. The van der Waals surface area contributed by atoms with E-state index in [0.717, 1.165) is 18.8 Å². The largest absolute Gasteiger partial charge is 0.393 e. The van der Waals surface area contributed by atoms with Crippen molar-refractivity contribution in [1.29, 1.82) is 0 Å². The third kappa shape index (κ3) is 3.16. The minimum absolute atomic E-state index is 0.0669. The number of aliphatic hydroxyl groups excluding tert-OH is 1. The SMILES string of the molecule is CC1CCC(O)C(CC2CCC3(CCCCC3)O2)C1. The van der Waals surface area contributed by atoms with E-state index in [4.69, 9.17) is 4.74 Å². The minimum Gasteiger partial charge on any atom is -0.393 e. The Hall–Kier alpha value is -0.0800. The molecule has 19 heavy (non-hydrogen) atoms. The molecule has 3 rings (SSSR count). The van der Waals surface area contributed by atoms with Crippen LogP contribution in [0.4, 0.5) is 0 Å². The molecule has 1 N–H and O–H groups in total. The van der Waals surface area contributed by atoms with Crippen molar-refractivity contribution in [1.82, 2.24) is 0 Å². The molecule has 0 bridgehead atoms. The van der Waals surface area contributed by atoms with E-state index in [0.29, 0.717) is 12.0 Å². The fourth-order valence-electron chi connectivity index (χ4n) is 4.70. The van der Waals surface area contributed by atoms with Gasteiger partial charge in [-0.2, -0.15) is 0 Å². The lowest BCUT2D eigenvalue weighted by Crippen LogP contribution is -2.34. The summed E-state index contributed by atoms with van der Waals surface area (Å²) >= 11 is 0. The lowest BCUT2D eigenvalue weighted by atomic mass is 9.77.